The molecule has 0 fully saturated rings. The molecule has 0 aliphatic rings. The highest BCUT2D eigenvalue weighted by Gasteiger charge is 2.16. The number of carbonyl (C=O) groups excluding carboxylic acids is 1. The fourth-order valence-electron chi connectivity index (χ4n) is 2.20. The van der Waals surface area contributed by atoms with Crippen molar-refractivity contribution in [2.45, 2.75) is 20.4 Å². The fourth-order valence-corrected chi connectivity index (χ4v) is 2.20. The first-order chi connectivity index (χ1) is 11.0. The Morgan fingerprint density at radius 2 is 2.04 bits per heavy atom. The van der Waals surface area contributed by atoms with Gasteiger partial charge in [-0.3, -0.25) is 9.80 Å². The van der Waals surface area contributed by atoms with Crippen molar-refractivity contribution >= 4 is 22.6 Å². The van der Waals surface area contributed by atoms with Crippen LogP contribution in [0.25, 0.3) is 10.9 Å². The summed E-state index contributed by atoms with van der Waals surface area (Å²) in [5.41, 5.74) is 1.06. The van der Waals surface area contributed by atoms with Crippen molar-refractivity contribution < 1.29 is 9.53 Å². The number of pyridine rings is 1. The Hall–Kier alpha value is -2.70. The normalized spacial score (nSPS) is 11.1. The van der Waals surface area contributed by atoms with Gasteiger partial charge in [-0.1, -0.05) is 5.22 Å². The molecule has 7 heteroatoms. The van der Waals surface area contributed by atoms with Crippen molar-refractivity contribution in [1.82, 2.24) is 9.58 Å². The van der Waals surface area contributed by atoms with Crippen LogP contribution < -0.4 is 5.43 Å². The standard InChI is InChI=1S/C16H20N4O3/c1-5-20-10-13(16(22)23-6-2)15(21)12-8-7-11(9-14(12)20)17-18-19(3)4/h7-10H,5-6H2,1-4H3/b18-17+. The molecule has 2 rings (SSSR count). The van der Waals surface area contributed by atoms with Gasteiger partial charge in [-0.25, -0.2) is 4.79 Å². The molecule has 1 aromatic heterocycles. The second-order valence-electron chi connectivity index (χ2n) is 5.12. The highest BCUT2D eigenvalue weighted by Crippen LogP contribution is 2.20. The highest BCUT2D eigenvalue weighted by molar-refractivity contribution is 5.94. The monoisotopic (exact) mass is 316 g/mol. The first-order valence-electron chi connectivity index (χ1n) is 7.41. The number of ether oxygens (including phenoxy) is 1. The minimum Gasteiger partial charge on any atom is -0.462 e. The largest absolute Gasteiger partial charge is 0.462 e. The van der Waals surface area contributed by atoms with Crippen molar-refractivity contribution in [3.05, 3.63) is 40.2 Å². The van der Waals surface area contributed by atoms with Crippen LogP contribution in [0.2, 0.25) is 0 Å². The fraction of sp³-hybridized carbons (Fsp3) is 0.375. The smallest absolute Gasteiger partial charge is 0.343 e. The summed E-state index contributed by atoms with van der Waals surface area (Å²) in [5, 5.41) is 10.1. The third-order valence-electron chi connectivity index (χ3n) is 3.24. The van der Waals surface area contributed by atoms with E-state index >= 15 is 0 Å². The van der Waals surface area contributed by atoms with E-state index in [1.165, 1.54) is 6.20 Å². The van der Waals surface area contributed by atoms with Gasteiger partial charge in [-0.05, 0) is 32.0 Å². The van der Waals surface area contributed by atoms with Crippen LogP contribution in [0.5, 0.6) is 0 Å². The molecule has 0 saturated heterocycles. The van der Waals surface area contributed by atoms with E-state index in [2.05, 4.69) is 10.3 Å². The number of hydrogen-bond donors (Lipinski definition) is 0. The molecule has 7 nitrogen and oxygen atoms in total. The van der Waals surface area contributed by atoms with Gasteiger partial charge in [0.25, 0.3) is 0 Å². The van der Waals surface area contributed by atoms with E-state index in [4.69, 9.17) is 4.74 Å². The van der Waals surface area contributed by atoms with Crippen molar-refractivity contribution in [2.24, 2.45) is 10.3 Å². The molecule has 2 aromatic rings. The summed E-state index contributed by atoms with van der Waals surface area (Å²) in [7, 11) is 3.55. The number of rotatable bonds is 5. The summed E-state index contributed by atoms with van der Waals surface area (Å²) < 4.78 is 6.79. The lowest BCUT2D eigenvalue weighted by atomic mass is 10.1. The van der Waals surface area contributed by atoms with Crippen LogP contribution in [0, 0.1) is 0 Å². The number of esters is 1. The van der Waals surface area contributed by atoms with Crippen LogP contribution in [0.4, 0.5) is 5.69 Å². The first kappa shape index (κ1) is 16.7. The maximum absolute atomic E-state index is 12.5. The van der Waals surface area contributed by atoms with Crippen molar-refractivity contribution in [3.8, 4) is 0 Å². The minimum atomic E-state index is -0.599. The van der Waals surface area contributed by atoms with Gasteiger partial charge in [0.2, 0.25) is 5.43 Å². The summed E-state index contributed by atoms with van der Waals surface area (Å²) in [5.74, 6) is -0.599. The van der Waals surface area contributed by atoms with E-state index in [1.807, 2.05) is 11.5 Å². The van der Waals surface area contributed by atoms with Crippen LogP contribution in [-0.4, -0.2) is 36.2 Å². The molecule has 1 heterocycles. The topological polar surface area (TPSA) is 76.3 Å². The average molecular weight is 316 g/mol. The Balaban J connectivity index is 2.63. The minimum absolute atomic E-state index is 0.0452. The average Bonchev–Trinajstić information content (AvgIpc) is 2.53. The van der Waals surface area contributed by atoms with Gasteiger partial charge in [-0.15, -0.1) is 5.11 Å². The number of benzene rings is 1. The molecule has 122 valence electrons. The Kier molecular flexibility index (Phi) is 5.10. The second kappa shape index (κ2) is 7.04. The Morgan fingerprint density at radius 3 is 2.65 bits per heavy atom. The van der Waals surface area contributed by atoms with E-state index < -0.39 is 5.97 Å². The lowest BCUT2D eigenvalue weighted by Crippen LogP contribution is -2.20. The van der Waals surface area contributed by atoms with E-state index in [-0.39, 0.29) is 17.6 Å². The first-order valence-corrected chi connectivity index (χ1v) is 7.41. The number of nitrogens with zero attached hydrogens (tertiary/aromatic N) is 4. The molecule has 23 heavy (non-hydrogen) atoms. The van der Waals surface area contributed by atoms with Crippen molar-refractivity contribution in [1.29, 1.82) is 0 Å². The van der Waals surface area contributed by atoms with E-state index in [0.717, 1.165) is 0 Å². The predicted molar refractivity (Wildman–Crippen MR) is 88.0 cm³/mol. The zero-order valence-corrected chi connectivity index (χ0v) is 13.7. The maximum Gasteiger partial charge on any atom is 0.343 e. The van der Waals surface area contributed by atoms with Gasteiger partial charge in [-0.2, -0.15) is 0 Å². The summed E-state index contributed by atoms with van der Waals surface area (Å²) in [6, 6.07) is 5.14. The molecule has 0 aliphatic heterocycles. The van der Waals surface area contributed by atoms with Gasteiger partial charge in [0.15, 0.2) is 0 Å². The molecule has 0 bridgehead atoms. The number of carbonyl (C=O) groups is 1. The van der Waals surface area contributed by atoms with Gasteiger partial charge >= 0.3 is 5.97 Å². The third kappa shape index (κ3) is 3.56. The zero-order valence-electron chi connectivity index (χ0n) is 13.7. The van der Waals surface area contributed by atoms with Gasteiger partial charge < -0.3 is 9.30 Å². The van der Waals surface area contributed by atoms with Crippen LogP contribution in [0.3, 0.4) is 0 Å². The molecule has 0 aliphatic carbocycles. The van der Waals surface area contributed by atoms with Gasteiger partial charge in [0.1, 0.15) is 5.56 Å². The van der Waals surface area contributed by atoms with Crippen molar-refractivity contribution in [2.75, 3.05) is 20.7 Å². The summed E-state index contributed by atoms with van der Waals surface area (Å²) in [4.78, 5) is 24.5. The molecule has 0 spiro atoms. The number of aryl methyl sites for hydroxylation is 1. The molecule has 1 aromatic carbocycles. The molecular formula is C16H20N4O3. The molecule has 0 amide bonds. The zero-order chi connectivity index (χ0) is 17.0. The molecule has 0 N–H and O–H groups in total. The molecule has 0 radical (unpaired) electrons. The third-order valence-corrected chi connectivity index (χ3v) is 3.24. The van der Waals surface area contributed by atoms with Gasteiger partial charge in [0.05, 0.1) is 17.8 Å². The summed E-state index contributed by atoms with van der Waals surface area (Å²) in [6.07, 6.45) is 1.54. The highest BCUT2D eigenvalue weighted by atomic mass is 16.5. The SMILES string of the molecule is CCOC(=O)c1cn(CC)c2cc(/N=N/N(C)C)ccc2c1=O. The Morgan fingerprint density at radius 1 is 1.30 bits per heavy atom. The van der Waals surface area contributed by atoms with Crippen LogP contribution in [0.15, 0.2) is 39.5 Å². The lowest BCUT2D eigenvalue weighted by molar-refractivity contribution is 0.0524. The summed E-state index contributed by atoms with van der Waals surface area (Å²) in [6.45, 7) is 4.48. The van der Waals surface area contributed by atoms with E-state index in [9.17, 15) is 9.59 Å². The van der Waals surface area contributed by atoms with Crippen LogP contribution in [-0.2, 0) is 11.3 Å². The lowest BCUT2D eigenvalue weighted by Gasteiger charge is -2.11. The molecule has 0 saturated carbocycles. The quantitative estimate of drug-likeness (QED) is 0.483. The van der Waals surface area contributed by atoms with Crippen LogP contribution >= 0.6 is 0 Å². The van der Waals surface area contributed by atoms with Gasteiger partial charge in [0, 0.05) is 32.2 Å². The maximum atomic E-state index is 12.5. The number of hydrogen-bond acceptors (Lipinski definition) is 5. The van der Waals surface area contributed by atoms with E-state index in [1.54, 1.807) is 44.2 Å². The molecular weight excluding hydrogens is 296 g/mol. The molecule has 0 unspecified atom stereocenters. The number of fused-ring (bicyclic) bond motifs is 1. The van der Waals surface area contributed by atoms with Crippen LogP contribution in [0.1, 0.15) is 24.2 Å². The Labute approximate surface area is 134 Å². The summed E-state index contributed by atoms with van der Waals surface area (Å²) >= 11 is 0. The number of aromatic nitrogens is 1. The molecule has 0 atom stereocenters. The Bertz CT molecular complexity index is 809. The van der Waals surface area contributed by atoms with E-state index in [0.29, 0.717) is 23.1 Å². The van der Waals surface area contributed by atoms with Crippen molar-refractivity contribution in [3.63, 3.8) is 0 Å². The predicted octanol–water partition coefficient (Wildman–Crippen LogP) is 2.76. The second-order valence-corrected chi connectivity index (χ2v) is 5.12.